The molecular formula is C14H29IN4O2. The lowest BCUT2D eigenvalue weighted by molar-refractivity contribution is -0.128. The predicted octanol–water partition coefficient (Wildman–Crippen LogP) is 1.06. The van der Waals surface area contributed by atoms with Gasteiger partial charge in [0.15, 0.2) is 5.96 Å². The Bertz CT molecular complexity index is 320. The van der Waals surface area contributed by atoms with Crippen LogP contribution in [-0.2, 0) is 9.53 Å². The Kier molecular flexibility index (Phi) is 11.7. The first-order valence-corrected chi connectivity index (χ1v) is 7.36. The number of aliphatic imine (C=N–C) groups is 1. The van der Waals surface area contributed by atoms with Crippen LogP contribution in [0.4, 0.5) is 0 Å². The zero-order valence-corrected chi connectivity index (χ0v) is 15.7. The molecule has 0 atom stereocenters. The van der Waals surface area contributed by atoms with Crippen molar-refractivity contribution in [3.63, 3.8) is 0 Å². The quantitative estimate of drug-likeness (QED) is 0.257. The van der Waals surface area contributed by atoms with E-state index in [2.05, 4.69) is 15.6 Å². The fraction of sp³-hybridized carbons (Fsp3) is 0.857. The number of hydrogen-bond donors (Lipinski definition) is 2. The molecule has 0 unspecified atom stereocenters. The van der Waals surface area contributed by atoms with Crippen molar-refractivity contribution in [3.05, 3.63) is 0 Å². The van der Waals surface area contributed by atoms with Gasteiger partial charge in [-0.25, -0.2) is 0 Å². The van der Waals surface area contributed by atoms with Crippen molar-refractivity contribution in [3.8, 4) is 0 Å². The van der Waals surface area contributed by atoms with Crippen molar-refractivity contribution in [2.75, 3.05) is 47.4 Å². The van der Waals surface area contributed by atoms with Crippen LogP contribution in [0.1, 0.15) is 25.7 Å². The molecule has 0 aromatic rings. The summed E-state index contributed by atoms with van der Waals surface area (Å²) in [6.07, 6.45) is 4.10. The highest BCUT2D eigenvalue weighted by molar-refractivity contribution is 14.0. The van der Waals surface area contributed by atoms with Crippen molar-refractivity contribution >= 4 is 35.8 Å². The summed E-state index contributed by atoms with van der Waals surface area (Å²) in [5.74, 6) is 1.67. The lowest BCUT2D eigenvalue weighted by Gasteiger charge is -2.13. The van der Waals surface area contributed by atoms with Gasteiger partial charge in [-0.05, 0) is 25.2 Å². The van der Waals surface area contributed by atoms with E-state index in [0.29, 0.717) is 13.0 Å². The summed E-state index contributed by atoms with van der Waals surface area (Å²) in [4.78, 5) is 17.1. The molecule has 6 nitrogen and oxygen atoms in total. The van der Waals surface area contributed by atoms with Gasteiger partial charge in [0.05, 0.1) is 0 Å². The predicted molar refractivity (Wildman–Crippen MR) is 96.3 cm³/mol. The molecule has 0 aliphatic heterocycles. The largest absolute Gasteiger partial charge is 0.381 e. The van der Waals surface area contributed by atoms with Crippen molar-refractivity contribution < 1.29 is 9.53 Å². The molecule has 0 bridgehead atoms. The molecule has 0 radical (unpaired) electrons. The van der Waals surface area contributed by atoms with Gasteiger partial charge >= 0.3 is 0 Å². The number of ether oxygens (including phenoxy) is 1. The van der Waals surface area contributed by atoms with E-state index >= 15 is 0 Å². The normalized spacial score (nSPS) is 14.3. The number of carbonyl (C=O) groups excluding carboxylic acids is 1. The molecule has 1 fully saturated rings. The minimum absolute atomic E-state index is 0. The molecule has 21 heavy (non-hydrogen) atoms. The Labute approximate surface area is 145 Å². The number of hydrogen-bond acceptors (Lipinski definition) is 3. The molecule has 1 aliphatic rings. The van der Waals surface area contributed by atoms with Crippen LogP contribution in [0.2, 0.25) is 0 Å². The molecule has 2 N–H and O–H groups in total. The van der Waals surface area contributed by atoms with E-state index in [4.69, 9.17) is 4.74 Å². The number of guanidine groups is 1. The van der Waals surface area contributed by atoms with E-state index < -0.39 is 0 Å². The van der Waals surface area contributed by atoms with Crippen molar-refractivity contribution in [2.45, 2.75) is 25.7 Å². The molecule has 0 spiro atoms. The molecule has 0 saturated heterocycles. The number of nitrogens with one attached hydrogen (secondary N) is 2. The number of nitrogens with zero attached hydrogens (tertiary/aromatic N) is 2. The van der Waals surface area contributed by atoms with Crippen LogP contribution in [0.3, 0.4) is 0 Å². The van der Waals surface area contributed by atoms with Gasteiger partial charge in [0.1, 0.15) is 0 Å². The molecule has 0 aromatic carbocycles. The summed E-state index contributed by atoms with van der Waals surface area (Å²) in [5, 5.41) is 6.34. The highest BCUT2D eigenvalue weighted by atomic mass is 127. The van der Waals surface area contributed by atoms with Crippen molar-refractivity contribution in [1.29, 1.82) is 0 Å². The average Bonchev–Trinajstić information content (AvgIpc) is 3.24. The fourth-order valence-corrected chi connectivity index (χ4v) is 1.65. The molecule has 1 aliphatic carbocycles. The van der Waals surface area contributed by atoms with Crippen LogP contribution in [-0.4, -0.2) is 64.2 Å². The third-order valence-electron chi connectivity index (χ3n) is 3.16. The number of amides is 1. The second-order valence-electron chi connectivity index (χ2n) is 5.34. The zero-order valence-electron chi connectivity index (χ0n) is 13.4. The first-order valence-electron chi connectivity index (χ1n) is 7.36. The average molecular weight is 412 g/mol. The van der Waals surface area contributed by atoms with Crippen LogP contribution in [0.5, 0.6) is 0 Å². The van der Waals surface area contributed by atoms with Crippen LogP contribution >= 0.6 is 24.0 Å². The minimum atomic E-state index is 0. The molecule has 0 heterocycles. The maximum Gasteiger partial charge on any atom is 0.223 e. The smallest absolute Gasteiger partial charge is 0.223 e. The van der Waals surface area contributed by atoms with E-state index in [1.54, 1.807) is 26.0 Å². The van der Waals surface area contributed by atoms with Crippen LogP contribution in [0.25, 0.3) is 0 Å². The standard InChI is InChI=1S/C14H28N4O2.HI/c1-15-14(17-9-7-13(19)18(2)3)16-8-4-10-20-11-12-5-6-12;/h12H,4-11H2,1-3H3,(H2,15,16,17);1H. The topological polar surface area (TPSA) is 66.0 Å². The second-order valence-corrected chi connectivity index (χ2v) is 5.34. The van der Waals surface area contributed by atoms with Gasteiger partial charge in [-0.1, -0.05) is 0 Å². The molecule has 0 aromatic heterocycles. The Balaban J connectivity index is 0.00000400. The molecule has 1 amide bonds. The minimum Gasteiger partial charge on any atom is -0.381 e. The van der Waals surface area contributed by atoms with Gasteiger partial charge in [-0.15, -0.1) is 24.0 Å². The van der Waals surface area contributed by atoms with E-state index in [1.807, 2.05) is 0 Å². The van der Waals surface area contributed by atoms with E-state index in [9.17, 15) is 4.79 Å². The van der Waals surface area contributed by atoms with E-state index in [0.717, 1.165) is 38.1 Å². The molecule has 7 heteroatoms. The van der Waals surface area contributed by atoms with Gasteiger partial charge in [-0.3, -0.25) is 9.79 Å². The highest BCUT2D eigenvalue weighted by Crippen LogP contribution is 2.28. The van der Waals surface area contributed by atoms with Gasteiger partial charge in [0.25, 0.3) is 0 Å². The number of carbonyl (C=O) groups is 1. The Morgan fingerprint density at radius 3 is 2.52 bits per heavy atom. The maximum absolute atomic E-state index is 11.4. The Morgan fingerprint density at radius 2 is 1.95 bits per heavy atom. The SMILES string of the molecule is CN=C(NCCCOCC1CC1)NCCC(=O)N(C)C.I. The van der Waals surface area contributed by atoms with Gasteiger partial charge in [-0.2, -0.15) is 0 Å². The first kappa shape index (κ1) is 20.4. The summed E-state index contributed by atoms with van der Waals surface area (Å²) in [6.45, 7) is 3.13. The summed E-state index contributed by atoms with van der Waals surface area (Å²) in [6, 6.07) is 0. The zero-order chi connectivity index (χ0) is 14.8. The monoisotopic (exact) mass is 412 g/mol. The summed E-state index contributed by atoms with van der Waals surface area (Å²) in [7, 11) is 5.25. The number of rotatable bonds is 9. The lowest BCUT2D eigenvalue weighted by atomic mass is 10.4. The van der Waals surface area contributed by atoms with Gasteiger partial charge in [0.2, 0.25) is 5.91 Å². The van der Waals surface area contributed by atoms with Crippen LogP contribution < -0.4 is 10.6 Å². The molecule has 1 saturated carbocycles. The Morgan fingerprint density at radius 1 is 1.29 bits per heavy atom. The number of halogens is 1. The second kappa shape index (κ2) is 12.0. The summed E-state index contributed by atoms with van der Waals surface area (Å²) < 4.78 is 5.56. The van der Waals surface area contributed by atoms with Crippen molar-refractivity contribution in [2.24, 2.45) is 10.9 Å². The molecular weight excluding hydrogens is 383 g/mol. The third kappa shape index (κ3) is 10.8. The summed E-state index contributed by atoms with van der Waals surface area (Å²) in [5.41, 5.74) is 0. The molecule has 1 rings (SSSR count). The van der Waals surface area contributed by atoms with Gasteiger partial charge in [0, 0.05) is 53.9 Å². The van der Waals surface area contributed by atoms with Crippen molar-refractivity contribution in [1.82, 2.24) is 15.5 Å². The first-order chi connectivity index (χ1) is 9.63. The maximum atomic E-state index is 11.4. The third-order valence-corrected chi connectivity index (χ3v) is 3.16. The van der Waals surface area contributed by atoms with E-state index in [-0.39, 0.29) is 29.9 Å². The van der Waals surface area contributed by atoms with E-state index in [1.165, 1.54) is 12.8 Å². The lowest BCUT2D eigenvalue weighted by Crippen LogP contribution is -2.39. The van der Waals surface area contributed by atoms with Gasteiger partial charge < -0.3 is 20.3 Å². The Hall–Kier alpha value is -0.570. The summed E-state index contributed by atoms with van der Waals surface area (Å²) >= 11 is 0. The van der Waals surface area contributed by atoms with Crippen LogP contribution in [0.15, 0.2) is 4.99 Å². The molecule has 124 valence electrons. The van der Waals surface area contributed by atoms with Crippen LogP contribution in [0, 0.1) is 5.92 Å². The highest BCUT2D eigenvalue weighted by Gasteiger charge is 2.20. The fourth-order valence-electron chi connectivity index (χ4n) is 1.65.